The van der Waals surface area contributed by atoms with Crippen molar-refractivity contribution >= 4 is 53.2 Å². The van der Waals surface area contributed by atoms with Gasteiger partial charge in [-0.25, -0.2) is 8.42 Å². The topological polar surface area (TPSA) is 140 Å². The summed E-state index contributed by atoms with van der Waals surface area (Å²) in [7, 11) is -4.41. The van der Waals surface area contributed by atoms with Gasteiger partial charge >= 0.3 is 5.65 Å². The highest BCUT2D eigenvalue weighted by Crippen LogP contribution is 2.47. The van der Waals surface area contributed by atoms with Crippen LogP contribution in [0.4, 0.5) is 11.4 Å². The van der Waals surface area contributed by atoms with Crippen LogP contribution >= 0.6 is 20.2 Å². The number of carbonyl (C=O) groups is 2. The average molecular weight is 758 g/mol. The molecule has 0 saturated carbocycles. The molecule has 3 aromatic rings. The molecule has 11 nitrogen and oxygen atoms in total. The first-order valence-corrected chi connectivity index (χ1v) is 20.9. The Morgan fingerprint density at radius 2 is 1.65 bits per heavy atom. The molecule has 0 saturated heterocycles. The van der Waals surface area contributed by atoms with Crippen molar-refractivity contribution in [3.63, 3.8) is 0 Å². The minimum atomic E-state index is -3.79. The number of nitrogens with one attached hydrogen (secondary N) is 2. The van der Waals surface area contributed by atoms with E-state index in [9.17, 15) is 22.6 Å². The maximum atomic E-state index is 14.3. The van der Waals surface area contributed by atoms with Crippen LogP contribution in [0.25, 0.3) is 0 Å². The number of hydrogen-bond acceptors (Lipinski definition) is 10. The van der Waals surface area contributed by atoms with Crippen LogP contribution in [0.1, 0.15) is 65.0 Å². The number of benzene rings is 3. The largest absolute Gasteiger partial charge is 0.483 e. The molecule has 0 radical (unpaired) electrons. The fourth-order valence-corrected chi connectivity index (χ4v) is 9.49. The van der Waals surface area contributed by atoms with Crippen molar-refractivity contribution < 1.29 is 36.8 Å². The molecule has 1 aliphatic rings. The van der Waals surface area contributed by atoms with E-state index < -0.39 is 53.8 Å². The van der Waals surface area contributed by atoms with E-state index in [1.807, 2.05) is 42.7 Å². The molecule has 0 bridgehead atoms. The molecule has 51 heavy (non-hydrogen) atoms. The van der Waals surface area contributed by atoms with Crippen LogP contribution in [0.5, 0.6) is 5.75 Å². The van der Waals surface area contributed by atoms with Crippen molar-refractivity contribution in [2.24, 2.45) is 5.41 Å². The summed E-state index contributed by atoms with van der Waals surface area (Å²) in [4.78, 5) is 29.9. The summed E-state index contributed by atoms with van der Waals surface area (Å²) in [6.45, 7) is 7.73. The average Bonchev–Trinajstić information content (AvgIpc) is 3.23. The Bertz CT molecular complexity index is 1740. The molecule has 1 unspecified atom stereocenters. The fourth-order valence-electron chi connectivity index (χ4n) is 6.24. The molecule has 2 amide bonds. The number of para-hydroxylation sites is 1. The van der Waals surface area contributed by atoms with Gasteiger partial charge in [-0.3, -0.25) is 19.5 Å². The van der Waals surface area contributed by atoms with Gasteiger partial charge in [-0.05, 0) is 56.7 Å². The van der Waals surface area contributed by atoms with Gasteiger partial charge in [0.2, 0.25) is 8.46 Å². The summed E-state index contributed by atoms with van der Waals surface area (Å²) in [5.41, 5.74) is -0.485. The fraction of sp³-hybridized carbons (Fsp3) is 0.459. The van der Waals surface area contributed by atoms with Crippen LogP contribution in [-0.2, 0) is 33.5 Å². The zero-order valence-corrected chi connectivity index (χ0v) is 32.4. The lowest BCUT2D eigenvalue weighted by atomic mass is 9.81. The SMILES string of the molecule is CCCCC1(CC)CN(c2ccccc2)c2cc(SC)c(OCC(=O)N[C@@H](C(=O)NC(OCC)(OCC)P=O)c3ccccc3)cc2S(=O)(=O)C1. The summed E-state index contributed by atoms with van der Waals surface area (Å²) in [5, 5.41) is 5.23. The van der Waals surface area contributed by atoms with Crippen LogP contribution in [0, 0.1) is 5.41 Å². The Balaban J connectivity index is 1.66. The quantitative estimate of drug-likeness (QED) is 0.0775. The van der Waals surface area contributed by atoms with Crippen molar-refractivity contribution in [1.82, 2.24) is 10.6 Å². The molecule has 276 valence electrons. The number of thioether (sulfide) groups is 1. The second-order valence-electron chi connectivity index (χ2n) is 12.3. The Kier molecular flexibility index (Phi) is 14.5. The Hall–Kier alpha value is -3.48. The maximum Gasteiger partial charge on any atom is 0.336 e. The number of hydrogen-bond donors (Lipinski definition) is 2. The summed E-state index contributed by atoms with van der Waals surface area (Å²) in [6.07, 6.45) is 5.21. The third-order valence-electron chi connectivity index (χ3n) is 8.88. The summed E-state index contributed by atoms with van der Waals surface area (Å²) >= 11 is 1.38. The Labute approximate surface area is 307 Å². The highest BCUT2D eigenvalue weighted by Gasteiger charge is 2.42. The number of ether oxygens (including phenoxy) is 3. The zero-order valence-electron chi connectivity index (χ0n) is 29.8. The molecule has 4 rings (SSSR count). The van der Waals surface area contributed by atoms with Gasteiger partial charge in [0.1, 0.15) is 11.8 Å². The van der Waals surface area contributed by atoms with Crippen molar-refractivity contribution in [3.05, 3.63) is 78.4 Å². The Morgan fingerprint density at radius 1 is 1.00 bits per heavy atom. The van der Waals surface area contributed by atoms with Crippen LogP contribution < -0.4 is 20.3 Å². The standard InChI is InChI=1S/C37H48N3O8PS2/c1-6-10-21-36(7-2)25-40(28-19-15-12-16-20-28)29-22-31(50-5)30(23-32(29)51(44,45)26-36)46-24-33(41)38-34(27-17-13-11-14-18-27)35(42)39-37(49-43,47-8-3)48-9-4/h11-20,22-23,34H,6-10,21,24-26H2,1-5H3,(H,38,41)(H,39,42)/t34-,36?/m1/s1. The number of rotatable bonds is 18. The molecular formula is C37H48N3O8PS2. The third kappa shape index (κ3) is 9.90. The van der Waals surface area contributed by atoms with E-state index in [0.717, 1.165) is 24.9 Å². The van der Waals surface area contributed by atoms with E-state index in [1.54, 1.807) is 44.2 Å². The lowest BCUT2D eigenvalue weighted by Gasteiger charge is -2.36. The number of nitrogens with zero attached hydrogens (tertiary/aromatic N) is 1. The molecule has 1 heterocycles. The molecule has 0 aliphatic carbocycles. The monoisotopic (exact) mass is 757 g/mol. The molecule has 0 aromatic heterocycles. The van der Waals surface area contributed by atoms with E-state index in [0.29, 0.717) is 29.1 Å². The van der Waals surface area contributed by atoms with Gasteiger partial charge in [0.05, 0.1) is 21.2 Å². The molecule has 3 aromatic carbocycles. The van der Waals surface area contributed by atoms with Crippen molar-refractivity contribution in [2.75, 3.05) is 43.3 Å². The number of sulfone groups is 1. The number of unbranched alkanes of at least 4 members (excludes halogenated alkanes) is 1. The maximum absolute atomic E-state index is 14.3. The van der Waals surface area contributed by atoms with E-state index in [4.69, 9.17) is 14.2 Å². The summed E-state index contributed by atoms with van der Waals surface area (Å²) in [5.74, 6) is -1.13. The van der Waals surface area contributed by atoms with Crippen molar-refractivity contribution in [1.29, 1.82) is 0 Å². The van der Waals surface area contributed by atoms with E-state index >= 15 is 0 Å². The van der Waals surface area contributed by atoms with Gasteiger partial charge in [0, 0.05) is 36.9 Å². The molecular weight excluding hydrogens is 710 g/mol. The number of anilines is 2. The van der Waals surface area contributed by atoms with Crippen LogP contribution in [-0.4, -0.2) is 64.3 Å². The second-order valence-corrected chi connectivity index (χ2v) is 15.9. The molecule has 2 atom stereocenters. The first-order chi connectivity index (χ1) is 24.5. The zero-order chi connectivity index (χ0) is 37.1. The van der Waals surface area contributed by atoms with E-state index in [2.05, 4.69) is 29.4 Å². The van der Waals surface area contributed by atoms with Gasteiger partial charge in [0.25, 0.3) is 11.8 Å². The van der Waals surface area contributed by atoms with Crippen LogP contribution in [0.15, 0.2) is 82.6 Å². The first-order valence-electron chi connectivity index (χ1n) is 17.2. The number of fused-ring (bicyclic) bond motifs is 1. The minimum Gasteiger partial charge on any atom is -0.483 e. The predicted octanol–water partition coefficient (Wildman–Crippen LogP) is 7.25. The number of carbonyl (C=O) groups excluding carboxylic acids is 2. The lowest BCUT2D eigenvalue weighted by molar-refractivity contribution is -0.193. The normalized spacial score (nSPS) is 17.6. The highest BCUT2D eigenvalue weighted by atomic mass is 32.2. The Morgan fingerprint density at radius 3 is 2.22 bits per heavy atom. The van der Waals surface area contributed by atoms with Crippen LogP contribution in [0.2, 0.25) is 0 Å². The van der Waals surface area contributed by atoms with Crippen molar-refractivity contribution in [2.45, 2.75) is 74.9 Å². The molecule has 2 N–H and O–H groups in total. The smallest absolute Gasteiger partial charge is 0.336 e. The van der Waals surface area contributed by atoms with Gasteiger partial charge in [0.15, 0.2) is 16.4 Å². The van der Waals surface area contributed by atoms with Gasteiger partial charge in [-0.15, -0.1) is 11.8 Å². The van der Waals surface area contributed by atoms with E-state index in [-0.39, 0.29) is 29.6 Å². The first kappa shape index (κ1) is 40.3. The lowest BCUT2D eigenvalue weighted by Crippen LogP contribution is -2.52. The van der Waals surface area contributed by atoms with Gasteiger partial charge in [-0.2, -0.15) is 0 Å². The molecule has 14 heteroatoms. The van der Waals surface area contributed by atoms with Gasteiger partial charge < -0.3 is 24.4 Å². The van der Waals surface area contributed by atoms with Gasteiger partial charge in [-0.1, -0.05) is 75.2 Å². The summed E-state index contributed by atoms with van der Waals surface area (Å²) in [6, 6.07) is 20.5. The van der Waals surface area contributed by atoms with E-state index in [1.165, 1.54) is 17.8 Å². The van der Waals surface area contributed by atoms with Crippen molar-refractivity contribution in [3.8, 4) is 5.75 Å². The molecule has 1 aliphatic heterocycles. The minimum absolute atomic E-state index is 0.00693. The van der Waals surface area contributed by atoms with Crippen LogP contribution in [0.3, 0.4) is 0 Å². The highest BCUT2D eigenvalue weighted by molar-refractivity contribution is 7.98. The number of amides is 2. The second kappa shape index (κ2) is 18.3. The summed E-state index contributed by atoms with van der Waals surface area (Å²) < 4.78 is 57.6. The molecule has 0 fully saturated rings. The molecule has 0 spiro atoms. The predicted molar refractivity (Wildman–Crippen MR) is 201 cm³/mol. The third-order valence-corrected chi connectivity index (χ3v) is 12.2.